The van der Waals surface area contributed by atoms with Gasteiger partial charge in [0, 0.05) is 29.4 Å². The average molecular weight is 593 g/mol. The highest BCUT2D eigenvalue weighted by Crippen LogP contribution is 2.39. The number of hydrogen-bond donors (Lipinski definition) is 1. The van der Waals surface area contributed by atoms with E-state index in [-0.39, 0.29) is 17.9 Å². The molecule has 1 N–H and O–H groups in total. The number of nitrogens with zero attached hydrogens (tertiary/aromatic N) is 1. The molecule has 220 valence electrons. The Kier molecular flexibility index (Phi) is 8.03. The molecule has 5 aromatic carbocycles. The molecule has 0 fully saturated rings. The normalized spacial score (nSPS) is 11.5. The minimum Gasteiger partial charge on any atom is -0.497 e. The van der Waals surface area contributed by atoms with Crippen molar-refractivity contribution in [2.75, 3.05) is 12.4 Å². The lowest BCUT2D eigenvalue weighted by atomic mass is 9.91. The summed E-state index contributed by atoms with van der Waals surface area (Å²) in [5, 5.41) is 3.71. The van der Waals surface area contributed by atoms with Gasteiger partial charge < -0.3 is 10.1 Å². The van der Waals surface area contributed by atoms with Gasteiger partial charge in [0.05, 0.1) is 18.2 Å². The van der Waals surface area contributed by atoms with Gasteiger partial charge in [-0.1, -0.05) is 78.9 Å². The number of ether oxygens (including phenoxy) is 1. The summed E-state index contributed by atoms with van der Waals surface area (Å²) in [5.74, 6) is 0.386. The van der Waals surface area contributed by atoms with Crippen LogP contribution in [0.25, 0.3) is 33.2 Å². The number of aromatic nitrogens is 1. The van der Waals surface area contributed by atoms with Crippen LogP contribution in [0.1, 0.15) is 22.3 Å². The molecule has 7 heteroatoms. The van der Waals surface area contributed by atoms with E-state index in [0.717, 1.165) is 39.6 Å². The van der Waals surface area contributed by atoms with Crippen molar-refractivity contribution >= 4 is 16.6 Å². The van der Waals surface area contributed by atoms with Gasteiger partial charge in [-0.15, -0.1) is 0 Å². The molecule has 0 unspecified atom stereocenters. The van der Waals surface area contributed by atoms with Crippen LogP contribution in [0.4, 0.5) is 23.2 Å². The summed E-state index contributed by atoms with van der Waals surface area (Å²) in [6.45, 7) is 0.227. The highest BCUT2D eigenvalue weighted by molar-refractivity contribution is 5.98. The van der Waals surface area contributed by atoms with Gasteiger partial charge >= 0.3 is 6.18 Å². The van der Waals surface area contributed by atoms with Crippen molar-refractivity contribution in [1.82, 2.24) is 4.98 Å². The Hall–Kier alpha value is -5.17. The first-order valence-electron chi connectivity index (χ1n) is 14.1. The zero-order valence-electron chi connectivity index (χ0n) is 23.8. The van der Waals surface area contributed by atoms with Gasteiger partial charge in [-0.2, -0.15) is 13.2 Å². The second-order valence-corrected chi connectivity index (χ2v) is 10.5. The molecule has 0 saturated heterocycles. The number of alkyl halides is 3. The first kappa shape index (κ1) is 28.9. The van der Waals surface area contributed by atoms with Gasteiger partial charge in [0.25, 0.3) is 0 Å². The smallest absolute Gasteiger partial charge is 0.418 e. The third-order valence-corrected chi connectivity index (χ3v) is 7.63. The van der Waals surface area contributed by atoms with Crippen molar-refractivity contribution in [1.29, 1.82) is 0 Å². The Bertz CT molecular complexity index is 1920. The van der Waals surface area contributed by atoms with E-state index in [9.17, 15) is 13.2 Å². The van der Waals surface area contributed by atoms with Crippen molar-refractivity contribution in [3.8, 4) is 28.0 Å². The second-order valence-electron chi connectivity index (χ2n) is 10.5. The van der Waals surface area contributed by atoms with Crippen molar-refractivity contribution < 1.29 is 22.3 Å². The van der Waals surface area contributed by atoms with Gasteiger partial charge in [0.1, 0.15) is 11.6 Å². The van der Waals surface area contributed by atoms with Crippen molar-refractivity contribution in [3.63, 3.8) is 0 Å². The van der Waals surface area contributed by atoms with Crippen molar-refractivity contribution in [2.24, 2.45) is 0 Å². The molecule has 0 aliphatic carbocycles. The molecule has 0 atom stereocenters. The largest absolute Gasteiger partial charge is 0.497 e. The number of anilines is 1. The number of nitrogens with one attached hydrogen (secondary N) is 1. The fraction of sp³-hybridized carbons (Fsp3) is 0.108. The molecule has 6 aromatic rings. The molecule has 3 nitrogen and oxygen atoms in total. The van der Waals surface area contributed by atoms with E-state index in [4.69, 9.17) is 4.74 Å². The number of hydrogen-bond acceptors (Lipinski definition) is 3. The number of pyridine rings is 1. The lowest BCUT2D eigenvalue weighted by molar-refractivity contribution is -0.136. The summed E-state index contributed by atoms with van der Waals surface area (Å²) >= 11 is 0. The average Bonchev–Trinajstić information content (AvgIpc) is 3.04. The first-order valence-corrected chi connectivity index (χ1v) is 14.1. The van der Waals surface area contributed by atoms with Crippen LogP contribution in [0.5, 0.6) is 5.75 Å². The van der Waals surface area contributed by atoms with E-state index < -0.39 is 11.7 Å². The first-order chi connectivity index (χ1) is 21.3. The summed E-state index contributed by atoms with van der Waals surface area (Å²) in [7, 11) is 1.60. The van der Waals surface area contributed by atoms with Crippen LogP contribution in [0.15, 0.2) is 121 Å². The zero-order chi connectivity index (χ0) is 30.7. The highest BCUT2D eigenvalue weighted by atomic mass is 19.4. The minimum atomic E-state index is -4.54. The molecule has 0 spiro atoms. The van der Waals surface area contributed by atoms with E-state index in [1.165, 1.54) is 12.1 Å². The van der Waals surface area contributed by atoms with Crippen LogP contribution in [-0.4, -0.2) is 12.1 Å². The Morgan fingerprint density at radius 2 is 1.48 bits per heavy atom. The van der Waals surface area contributed by atoms with Gasteiger partial charge in [0.15, 0.2) is 0 Å². The summed E-state index contributed by atoms with van der Waals surface area (Å²) < 4.78 is 62.1. The molecular formula is C37H28F4N2O. The lowest BCUT2D eigenvalue weighted by Gasteiger charge is -2.17. The van der Waals surface area contributed by atoms with Crippen molar-refractivity contribution in [3.05, 3.63) is 150 Å². The van der Waals surface area contributed by atoms with E-state index in [0.29, 0.717) is 28.6 Å². The van der Waals surface area contributed by atoms with Crippen LogP contribution in [0.2, 0.25) is 0 Å². The number of benzene rings is 5. The molecule has 44 heavy (non-hydrogen) atoms. The topological polar surface area (TPSA) is 34.1 Å². The summed E-state index contributed by atoms with van der Waals surface area (Å²) in [6, 6.07) is 33.9. The molecule has 0 aliphatic rings. The molecular weight excluding hydrogens is 564 g/mol. The summed E-state index contributed by atoms with van der Waals surface area (Å²) in [4.78, 5) is 4.29. The Labute approximate surface area is 252 Å². The summed E-state index contributed by atoms with van der Waals surface area (Å²) in [6.07, 6.45) is -2.50. The predicted molar refractivity (Wildman–Crippen MR) is 167 cm³/mol. The summed E-state index contributed by atoms with van der Waals surface area (Å²) in [5.41, 5.74) is 5.21. The molecule has 6 rings (SSSR count). The lowest BCUT2D eigenvalue weighted by Crippen LogP contribution is -2.07. The SMILES string of the molecule is COc1ccc(-c2ccc(CNc3cccc(-c4c(Cc5ccccc5)cnc5c(C(F)(F)F)cccc45)c3)c(F)c2)cc1. The Morgan fingerprint density at radius 1 is 0.727 bits per heavy atom. The monoisotopic (exact) mass is 592 g/mol. The van der Waals surface area contributed by atoms with Crippen LogP contribution >= 0.6 is 0 Å². The maximum Gasteiger partial charge on any atom is 0.418 e. The fourth-order valence-electron chi connectivity index (χ4n) is 5.42. The van der Waals surface area contributed by atoms with Crippen molar-refractivity contribution in [2.45, 2.75) is 19.1 Å². The van der Waals surface area contributed by atoms with E-state index in [1.807, 2.05) is 84.9 Å². The Morgan fingerprint density at radius 3 is 2.20 bits per heavy atom. The van der Waals surface area contributed by atoms with Gasteiger partial charge in [-0.05, 0) is 76.2 Å². The number of fused-ring (bicyclic) bond motifs is 1. The molecule has 0 saturated carbocycles. The number of halogens is 4. The third-order valence-electron chi connectivity index (χ3n) is 7.63. The van der Waals surface area contributed by atoms with Crippen LogP contribution < -0.4 is 10.1 Å². The predicted octanol–water partition coefficient (Wildman–Crippen LogP) is 9.94. The second kappa shape index (κ2) is 12.2. The van der Waals surface area contributed by atoms with Gasteiger partial charge in [-0.25, -0.2) is 4.39 Å². The molecule has 0 amide bonds. The third kappa shape index (κ3) is 6.13. The molecule has 0 radical (unpaired) electrons. The minimum absolute atomic E-state index is 0.0933. The van der Waals surface area contributed by atoms with Crippen LogP contribution in [0, 0.1) is 5.82 Å². The van der Waals surface area contributed by atoms with Gasteiger partial charge in [-0.3, -0.25) is 4.98 Å². The molecule has 0 aliphatic heterocycles. The number of methoxy groups -OCH3 is 1. The Balaban J connectivity index is 1.32. The van der Waals surface area contributed by atoms with E-state index in [2.05, 4.69) is 10.3 Å². The standard InChI is InChI=1S/C37H28F4N2O/c1-44-31-17-15-25(16-18-31)26-13-14-28(34(38)21-26)22-42-30-10-5-9-27(20-30)35-29(19-24-7-3-2-4-8-24)23-43-36-32(35)11-6-12-33(36)37(39,40)41/h2-18,20-21,23,42H,19,22H2,1H3. The molecule has 1 heterocycles. The number of rotatable bonds is 8. The quantitative estimate of drug-likeness (QED) is 0.179. The van der Waals surface area contributed by atoms with Crippen LogP contribution in [0.3, 0.4) is 0 Å². The molecule has 0 bridgehead atoms. The maximum atomic E-state index is 15.1. The highest BCUT2D eigenvalue weighted by Gasteiger charge is 2.33. The van der Waals surface area contributed by atoms with Gasteiger partial charge in [0.2, 0.25) is 0 Å². The van der Waals surface area contributed by atoms with E-state index >= 15 is 4.39 Å². The zero-order valence-corrected chi connectivity index (χ0v) is 23.8. The number of para-hydroxylation sites is 1. The maximum absolute atomic E-state index is 15.1. The van der Waals surface area contributed by atoms with Crippen LogP contribution in [-0.2, 0) is 19.1 Å². The van der Waals surface area contributed by atoms with E-state index in [1.54, 1.807) is 25.4 Å². The fourth-order valence-corrected chi connectivity index (χ4v) is 5.42. The molecule has 1 aromatic heterocycles.